The first-order chi connectivity index (χ1) is 21.9. The number of thiazole rings is 1. The molecule has 3 amide bonds. The van der Waals surface area contributed by atoms with Crippen molar-refractivity contribution in [2.45, 2.75) is 35.8 Å². The number of carbonyl (C=O) groups is 3. The van der Waals surface area contributed by atoms with Crippen LogP contribution in [0.1, 0.15) is 27.5 Å². The van der Waals surface area contributed by atoms with Gasteiger partial charge in [-0.25, -0.2) is 4.90 Å². The van der Waals surface area contributed by atoms with E-state index in [1.165, 1.54) is 24.9 Å². The molecule has 0 unspecified atom stereocenters. The van der Waals surface area contributed by atoms with Crippen molar-refractivity contribution < 1.29 is 37.0 Å². The molecule has 9 nitrogen and oxygen atoms in total. The fourth-order valence-electron chi connectivity index (χ4n) is 5.72. The van der Waals surface area contributed by atoms with Crippen LogP contribution in [-0.2, 0) is 27.1 Å². The number of aromatic nitrogens is 1. The smallest absolute Gasteiger partial charge is 0.416 e. The van der Waals surface area contributed by atoms with Crippen molar-refractivity contribution in [1.82, 2.24) is 4.57 Å². The maximum atomic E-state index is 14.1. The molecule has 0 bridgehead atoms. The van der Waals surface area contributed by atoms with E-state index in [-0.39, 0.29) is 12.2 Å². The normalized spacial score (nSPS) is 19.1. The summed E-state index contributed by atoms with van der Waals surface area (Å²) >= 11 is 1.82. The maximum absolute atomic E-state index is 14.1. The Balaban J connectivity index is 1.44. The third-order valence-corrected chi connectivity index (χ3v) is 10.5. The highest BCUT2D eigenvalue weighted by atomic mass is 32.2. The minimum absolute atomic E-state index is 0.205. The number of carbonyl (C=O) groups excluding carboxylic acids is 3. The van der Waals surface area contributed by atoms with Gasteiger partial charge in [-0.2, -0.15) is 13.2 Å². The number of amides is 3. The fraction of sp³-hybridized carbons (Fsp3) is 0.250. The van der Waals surface area contributed by atoms with Crippen LogP contribution in [-0.4, -0.2) is 41.8 Å². The van der Waals surface area contributed by atoms with Crippen LogP contribution in [0.3, 0.4) is 0 Å². The molecule has 1 aromatic heterocycles. The Labute approximate surface area is 268 Å². The number of hydrogen-bond donors (Lipinski definition) is 1. The number of methoxy groups -OCH3 is 2. The molecule has 1 fully saturated rings. The minimum Gasteiger partial charge on any atom is -0.493 e. The van der Waals surface area contributed by atoms with Crippen molar-refractivity contribution in [3.05, 3.63) is 98.0 Å². The standard InChI is InChI=1S/C32H26F3N3O6S2/c1-16-7-10-19(11-8-16)36-23(39)15-37-30-27(46-31(37)42)24(17-9-12-21(43-2)22(13-17)44-3)25-26(45-30)29(41)38(28(25)40)20-6-4-5-18(14-20)32(33,34)35/h4-14,24-26H,15H2,1-3H3,(H,36,39)/t24-,25+,26-/m0/s1. The van der Waals surface area contributed by atoms with Gasteiger partial charge in [0.15, 0.2) is 11.5 Å². The summed E-state index contributed by atoms with van der Waals surface area (Å²) in [6.07, 6.45) is -4.69. The molecule has 6 rings (SSSR count). The van der Waals surface area contributed by atoms with E-state index in [9.17, 15) is 32.3 Å². The number of benzene rings is 3. The number of fused-ring (bicyclic) bond motifs is 2. The van der Waals surface area contributed by atoms with Gasteiger partial charge in [0.05, 0.1) is 36.4 Å². The summed E-state index contributed by atoms with van der Waals surface area (Å²) in [6, 6.07) is 16.1. The summed E-state index contributed by atoms with van der Waals surface area (Å²) < 4.78 is 52.8. The number of thioether (sulfide) groups is 1. The minimum atomic E-state index is -4.69. The lowest BCUT2D eigenvalue weighted by atomic mass is 9.83. The van der Waals surface area contributed by atoms with Crippen LogP contribution in [0.2, 0.25) is 0 Å². The molecule has 0 radical (unpaired) electrons. The van der Waals surface area contributed by atoms with Gasteiger partial charge in [-0.05, 0) is 55.0 Å². The second-order valence-corrected chi connectivity index (χ2v) is 12.9. The van der Waals surface area contributed by atoms with Gasteiger partial charge in [0.2, 0.25) is 17.7 Å². The summed E-state index contributed by atoms with van der Waals surface area (Å²) in [4.78, 5) is 55.3. The van der Waals surface area contributed by atoms with Crippen LogP contribution >= 0.6 is 23.1 Å². The number of rotatable bonds is 7. The molecule has 2 aliphatic heterocycles. The Morgan fingerprint density at radius 3 is 2.33 bits per heavy atom. The maximum Gasteiger partial charge on any atom is 0.416 e. The summed E-state index contributed by atoms with van der Waals surface area (Å²) in [5, 5.41) is 2.01. The average Bonchev–Trinajstić information content (AvgIpc) is 3.47. The highest BCUT2D eigenvalue weighted by molar-refractivity contribution is 8.00. The molecular weight excluding hydrogens is 643 g/mol. The average molecular weight is 670 g/mol. The SMILES string of the molecule is COc1ccc([C@@H]2c3sc(=O)n(CC(=O)Nc4ccc(C)cc4)c3S[C@@H]3C(=O)N(c4cccc(C(F)(F)F)c4)C(=O)[C@H]23)cc1OC. The quantitative estimate of drug-likeness (QED) is 0.252. The highest BCUT2D eigenvalue weighted by Crippen LogP contribution is 2.54. The van der Waals surface area contributed by atoms with Crippen LogP contribution in [0.15, 0.2) is 76.6 Å². The van der Waals surface area contributed by atoms with Crippen LogP contribution in [0.4, 0.5) is 24.5 Å². The zero-order valence-electron chi connectivity index (χ0n) is 24.6. The van der Waals surface area contributed by atoms with Crippen molar-refractivity contribution in [2.24, 2.45) is 5.92 Å². The first kappa shape index (κ1) is 31.4. The molecule has 0 spiro atoms. The molecule has 4 aromatic rings. The van der Waals surface area contributed by atoms with Crippen molar-refractivity contribution in [2.75, 3.05) is 24.4 Å². The number of anilines is 2. The van der Waals surface area contributed by atoms with Crippen LogP contribution in [0.25, 0.3) is 0 Å². The lowest BCUT2D eigenvalue weighted by Gasteiger charge is -2.31. The predicted octanol–water partition coefficient (Wildman–Crippen LogP) is 5.69. The lowest BCUT2D eigenvalue weighted by Crippen LogP contribution is -2.33. The van der Waals surface area contributed by atoms with Gasteiger partial charge >= 0.3 is 11.0 Å². The van der Waals surface area contributed by atoms with Crippen LogP contribution in [0.5, 0.6) is 11.5 Å². The highest BCUT2D eigenvalue weighted by Gasteiger charge is 2.57. The summed E-state index contributed by atoms with van der Waals surface area (Å²) in [5.41, 5.74) is 0.861. The fourth-order valence-corrected chi connectivity index (χ4v) is 8.49. The van der Waals surface area contributed by atoms with Crippen molar-refractivity contribution in [3.63, 3.8) is 0 Å². The number of nitrogens with one attached hydrogen (secondary N) is 1. The van der Waals surface area contributed by atoms with Gasteiger partial charge in [0, 0.05) is 16.5 Å². The van der Waals surface area contributed by atoms with Crippen molar-refractivity contribution in [3.8, 4) is 11.5 Å². The molecule has 3 atom stereocenters. The summed E-state index contributed by atoms with van der Waals surface area (Å²) in [7, 11) is 2.90. The van der Waals surface area contributed by atoms with E-state index < -0.39 is 51.4 Å². The van der Waals surface area contributed by atoms with Gasteiger partial charge in [0.25, 0.3) is 0 Å². The van der Waals surface area contributed by atoms with Gasteiger partial charge in [-0.3, -0.25) is 23.7 Å². The Hall–Kier alpha value is -4.56. The van der Waals surface area contributed by atoms with Crippen molar-refractivity contribution in [1.29, 1.82) is 0 Å². The topological polar surface area (TPSA) is 107 Å². The summed E-state index contributed by atoms with van der Waals surface area (Å²) in [5.74, 6) is -3.06. The van der Waals surface area contributed by atoms with Crippen molar-refractivity contribution >= 4 is 52.2 Å². The van der Waals surface area contributed by atoms with E-state index in [0.29, 0.717) is 32.7 Å². The lowest BCUT2D eigenvalue weighted by molar-refractivity contribution is -0.137. The van der Waals surface area contributed by atoms with E-state index in [2.05, 4.69) is 5.32 Å². The van der Waals surface area contributed by atoms with Crippen LogP contribution < -0.4 is 24.6 Å². The van der Waals surface area contributed by atoms with Gasteiger partial charge in [-0.15, -0.1) is 0 Å². The molecule has 0 aliphatic carbocycles. The number of nitrogens with zero attached hydrogens (tertiary/aromatic N) is 2. The number of hydrogen-bond acceptors (Lipinski definition) is 8. The van der Waals surface area contributed by atoms with E-state index in [0.717, 1.165) is 51.8 Å². The molecule has 1 saturated heterocycles. The van der Waals surface area contributed by atoms with Crippen LogP contribution in [0, 0.1) is 12.8 Å². The molecule has 3 aromatic carbocycles. The number of imide groups is 1. The Morgan fingerprint density at radius 2 is 1.65 bits per heavy atom. The molecular formula is C32H26F3N3O6S2. The summed E-state index contributed by atoms with van der Waals surface area (Å²) in [6.45, 7) is 1.55. The van der Waals surface area contributed by atoms with E-state index in [4.69, 9.17) is 9.47 Å². The molecule has 1 N–H and O–H groups in total. The second-order valence-electron chi connectivity index (χ2n) is 10.8. The van der Waals surface area contributed by atoms with Gasteiger partial charge in [-0.1, -0.05) is 52.9 Å². The third-order valence-electron chi connectivity index (χ3n) is 7.88. The number of alkyl halides is 3. The molecule has 238 valence electrons. The number of aryl methyl sites for hydroxylation is 1. The van der Waals surface area contributed by atoms with E-state index in [1.807, 2.05) is 19.1 Å². The number of ether oxygens (including phenoxy) is 2. The zero-order valence-corrected chi connectivity index (χ0v) is 26.2. The molecule has 46 heavy (non-hydrogen) atoms. The molecule has 2 aliphatic rings. The first-order valence-electron chi connectivity index (χ1n) is 13.9. The van der Waals surface area contributed by atoms with E-state index >= 15 is 0 Å². The van der Waals surface area contributed by atoms with Gasteiger partial charge < -0.3 is 14.8 Å². The third kappa shape index (κ3) is 5.55. The Morgan fingerprint density at radius 1 is 0.935 bits per heavy atom. The van der Waals surface area contributed by atoms with E-state index in [1.54, 1.807) is 30.3 Å². The Bertz CT molecular complexity index is 1920. The molecule has 3 heterocycles. The predicted molar refractivity (Wildman–Crippen MR) is 167 cm³/mol. The molecule has 14 heteroatoms. The van der Waals surface area contributed by atoms with Gasteiger partial charge in [0.1, 0.15) is 11.8 Å². The Kier molecular flexibility index (Phi) is 8.19. The first-order valence-corrected chi connectivity index (χ1v) is 15.6. The number of halogens is 3. The molecule has 0 saturated carbocycles. The largest absolute Gasteiger partial charge is 0.493 e. The second kappa shape index (κ2) is 12.0. The zero-order chi connectivity index (χ0) is 32.9. The monoisotopic (exact) mass is 669 g/mol.